The molecule has 0 spiro atoms. The summed E-state index contributed by atoms with van der Waals surface area (Å²) < 4.78 is 0. The summed E-state index contributed by atoms with van der Waals surface area (Å²) in [5.74, 6) is 0.805. The number of rotatable bonds is 5. The van der Waals surface area contributed by atoms with Gasteiger partial charge in [-0.3, -0.25) is 0 Å². The molecule has 3 aromatic rings. The van der Waals surface area contributed by atoms with E-state index in [0.717, 1.165) is 48.7 Å². The summed E-state index contributed by atoms with van der Waals surface area (Å²) in [5.41, 5.74) is 4.52. The van der Waals surface area contributed by atoms with Crippen LogP contribution in [0.2, 0.25) is 0 Å². The van der Waals surface area contributed by atoms with Crippen molar-refractivity contribution in [3.8, 4) is 11.3 Å². The highest BCUT2D eigenvalue weighted by molar-refractivity contribution is 7.09. The summed E-state index contributed by atoms with van der Waals surface area (Å²) in [5, 5.41) is 7.08. The molecule has 2 aromatic heterocycles. The number of aryl methyl sites for hydroxylation is 2. The molecule has 3 heterocycles. The maximum Gasteiger partial charge on any atom is 0.125 e. The average Bonchev–Trinajstić information content (AvgIpc) is 3.15. The van der Waals surface area contributed by atoms with Gasteiger partial charge in [0, 0.05) is 47.7 Å². The first-order chi connectivity index (χ1) is 13.6. The van der Waals surface area contributed by atoms with Crippen molar-refractivity contribution in [1.29, 1.82) is 0 Å². The Morgan fingerprint density at radius 2 is 1.96 bits per heavy atom. The Morgan fingerprint density at radius 1 is 1.14 bits per heavy atom. The molecule has 0 radical (unpaired) electrons. The van der Waals surface area contributed by atoms with Crippen molar-refractivity contribution >= 4 is 17.0 Å². The SMILES string of the molecule is Cc1csc(C(C)NC2CCN(c3cccc(-c4ccnc(C)n4)c3)CC2)n1. The van der Waals surface area contributed by atoms with Gasteiger partial charge in [0.05, 0.1) is 11.7 Å². The molecule has 0 amide bonds. The summed E-state index contributed by atoms with van der Waals surface area (Å²) in [6.45, 7) is 8.33. The lowest BCUT2D eigenvalue weighted by atomic mass is 10.0. The minimum Gasteiger partial charge on any atom is -0.371 e. The first-order valence-electron chi connectivity index (χ1n) is 9.91. The number of nitrogens with zero attached hydrogens (tertiary/aromatic N) is 4. The minimum atomic E-state index is 0.319. The van der Waals surface area contributed by atoms with Gasteiger partial charge in [-0.25, -0.2) is 15.0 Å². The zero-order chi connectivity index (χ0) is 19.5. The van der Waals surface area contributed by atoms with Gasteiger partial charge in [-0.05, 0) is 51.8 Å². The molecule has 1 N–H and O–H groups in total. The fourth-order valence-corrected chi connectivity index (χ4v) is 4.59. The quantitative estimate of drug-likeness (QED) is 0.690. The third kappa shape index (κ3) is 4.39. The van der Waals surface area contributed by atoms with Crippen molar-refractivity contribution in [1.82, 2.24) is 20.3 Å². The number of aromatic nitrogens is 3. The van der Waals surface area contributed by atoms with Crippen molar-refractivity contribution in [3.05, 3.63) is 58.4 Å². The highest BCUT2D eigenvalue weighted by Crippen LogP contribution is 2.27. The Morgan fingerprint density at radius 3 is 2.68 bits per heavy atom. The van der Waals surface area contributed by atoms with Crippen LogP contribution >= 0.6 is 11.3 Å². The van der Waals surface area contributed by atoms with Gasteiger partial charge < -0.3 is 10.2 Å². The molecule has 1 atom stereocenters. The van der Waals surface area contributed by atoms with E-state index in [2.05, 4.69) is 68.7 Å². The topological polar surface area (TPSA) is 53.9 Å². The fraction of sp³-hybridized carbons (Fsp3) is 0.409. The molecule has 146 valence electrons. The van der Waals surface area contributed by atoms with Crippen LogP contribution < -0.4 is 10.2 Å². The van der Waals surface area contributed by atoms with Gasteiger partial charge in [-0.15, -0.1) is 11.3 Å². The number of anilines is 1. The van der Waals surface area contributed by atoms with Crippen molar-refractivity contribution < 1.29 is 0 Å². The second-order valence-electron chi connectivity index (χ2n) is 7.52. The first kappa shape index (κ1) is 19.0. The highest BCUT2D eigenvalue weighted by atomic mass is 32.1. The second-order valence-corrected chi connectivity index (χ2v) is 8.41. The normalized spacial score (nSPS) is 16.3. The van der Waals surface area contributed by atoms with E-state index in [4.69, 9.17) is 0 Å². The Hall–Kier alpha value is -2.31. The molecule has 0 bridgehead atoms. The van der Waals surface area contributed by atoms with Gasteiger partial charge in [-0.2, -0.15) is 0 Å². The van der Waals surface area contributed by atoms with E-state index in [1.807, 2.05) is 19.2 Å². The van der Waals surface area contributed by atoms with E-state index in [1.54, 1.807) is 11.3 Å². The summed E-state index contributed by atoms with van der Waals surface area (Å²) in [4.78, 5) is 15.9. The van der Waals surface area contributed by atoms with Crippen molar-refractivity contribution in [3.63, 3.8) is 0 Å². The third-order valence-corrected chi connectivity index (χ3v) is 6.42. The predicted octanol–water partition coefficient (Wildman–Crippen LogP) is 4.54. The second kappa shape index (κ2) is 8.37. The molecule has 0 aliphatic carbocycles. The van der Waals surface area contributed by atoms with Gasteiger partial charge in [0.15, 0.2) is 0 Å². The van der Waals surface area contributed by atoms with E-state index in [1.165, 1.54) is 10.7 Å². The molecule has 0 saturated carbocycles. The molecule has 1 unspecified atom stereocenters. The Kier molecular flexibility index (Phi) is 5.69. The van der Waals surface area contributed by atoms with Crippen LogP contribution in [-0.2, 0) is 0 Å². The fourth-order valence-electron chi connectivity index (χ4n) is 3.78. The van der Waals surface area contributed by atoms with Crippen LogP contribution in [0.3, 0.4) is 0 Å². The smallest absolute Gasteiger partial charge is 0.125 e. The molecule has 1 saturated heterocycles. The van der Waals surface area contributed by atoms with Gasteiger partial charge in [0.2, 0.25) is 0 Å². The number of hydrogen-bond acceptors (Lipinski definition) is 6. The minimum absolute atomic E-state index is 0.319. The zero-order valence-electron chi connectivity index (χ0n) is 16.7. The number of benzene rings is 1. The van der Waals surface area contributed by atoms with Gasteiger partial charge >= 0.3 is 0 Å². The van der Waals surface area contributed by atoms with Crippen LogP contribution in [0.5, 0.6) is 0 Å². The average molecular weight is 394 g/mol. The van der Waals surface area contributed by atoms with Crippen LogP contribution in [0, 0.1) is 13.8 Å². The summed E-state index contributed by atoms with van der Waals surface area (Å²) in [6.07, 6.45) is 4.11. The molecular weight excluding hydrogens is 366 g/mol. The van der Waals surface area contributed by atoms with E-state index in [0.29, 0.717) is 12.1 Å². The predicted molar refractivity (Wildman–Crippen MR) is 116 cm³/mol. The molecule has 28 heavy (non-hydrogen) atoms. The van der Waals surface area contributed by atoms with Gasteiger partial charge in [0.1, 0.15) is 10.8 Å². The molecule has 4 rings (SSSR count). The lowest BCUT2D eigenvalue weighted by molar-refractivity contribution is 0.380. The molecule has 1 aliphatic heterocycles. The highest BCUT2D eigenvalue weighted by Gasteiger charge is 2.22. The maximum atomic E-state index is 4.62. The van der Waals surface area contributed by atoms with Crippen LogP contribution in [0.15, 0.2) is 41.9 Å². The zero-order valence-corrected chi connectivity index (χ0v) is 17.5. The third-order valence-electron chi connectivity index (χ3n) is 5.27. The van der Waals surface area contributed by atoms with E-state index >= 15 is 0 Å². The Bertz CT molecular complexity index is 930. The molecule has 6 heteroatoms. The van der Waals surface area contributed by atoms with Crippen molar-refractivity contribution in [2.45, 2.75) is 45.7 Å². The molecule has 1 aromatic carbocycles. The number of piperidine rings is 1. The van der Waals surface area contributed by atoms with Crippen LogP contribution in [-0.4, -0.2) is 34.1 Å². The monoisotopic (exact) mass is 393 g/mol. The number of thiazole rings is 1. The van der Waals surface area contributed by atoms with Crippen LogP contribution in [0.1, 0.15) is 42.3 Å². The maximum absolute atomic E-state index is 4.62. The molecule has 5 nitrogen and oxygen atoms in total. The molecule has 1 aliphatic rings. The summed E-state index contributed by atoms with van der Waals surface area (Å²) in [7, 11) is 0. The van der Waals surface area contributed by atoms with Crippen LogP contribution in [0.25, 0.3) is 11.3 Å². The number of hydrogen-bond donors (Lipinski definition) is 1. The van der Waals surface area contributed by atoms with Gasteiger partial charge in [0.25, 0.3) is 0 Å². The summed E-state index contributed by atoms with van der Waals surface area (Å²) in [6, 6.07) is 11.5. The lowest BCUT2D eigenvalue weighted by Crippen LogP contribution is -2.43. The molecular formula is C22H27N5S. The van der Waals surface area contributed by atoms with Crippen LogP contribution in [0.4, 0.5) is 5.69 Å². The van der Waals surface area contributed by atoms with E-state index in [9.17, 15) is 0 Å². The Balaban J connectivity index is 1.38. The Labute approximate surface area is 170 Å². The van der Waals surface area contributed by atoms with E-state index in [-0.39, 0.29) is 0 Å². The van der Waals surface area contributed by atoms with E-state index < -0.39 is 0 Å². The summed E-state index contributed by atoms with van der Waals surface area (Å²) >= 11 is 1.75. The molecule has 1 fully saturated rings. The largest absolute Gasteiger partial charge is 0.371 e. The number of nitrogens with one attached hydrogen (secondary N) is 1. The van der Waals surface area contributed by atoms with Gasteiger partial charge in [-0.1, -0.05) is 12.1 Å². The van der Waals surface area contributed by atoms with Crippen molar-refractivity contribution in [2.24, 2.45) is 0 Å². The standard InChI is InChI=1S/C22H27N5S/c1-15-14-28-22(24-15)16(2)25-19-8-11-27(12-9-19)20-6-4-5-18(13-20)21-7-10-23-17(3)26-21/h4-7,10,13-14,16,19,25H,8-9,11-12H2,1-3H3. The lowest BCUT2D eigenvalue weighted by Gasteiger charge is -2.35. The van der Waals surface area contributed by atoms with Crippen molar-refractivity contribution in [2.75, 3.05) is 18.0 Å². The first-order valence-corrected chi connectivity index (χ1v) is 10.8.